The standard InChI is InChI=1S/C6H12.3C4H6O2/c1-5-6(2,3)4;3*1-3(2)4(5)6/h5H,1H2,2-4H3;3*1H2,2H3,(H,5,6). The van der Waals surface area contributed by atoms with Gasteiger partial charge in [-0.3, -0.25) is 0 Å². The molecule has 24 heavy (non-hydrogen) atoms. The van der Waals surface area contributed by atoms with Crippen molar-refractivity contribution in [3.05, 3.63) is 49.1 Å². The number of hydrogen-bond acceptors (Lipinski definition) is 3. The SMILES string of the molecule is C=C(C)C(=O)O.C=C(C)C(=O)O.C=C(C)C(=O)O.C=CC(C)(C)C. The first kappa shape index (κ1) is 29.4. The van der Waals surface area contributed by atoms with Crippen LogP contribution in [-0.2, 0) is 14.4 Å². The zero-order chi connectivity index (χ0) is 20.7. The Kier molecular flexibility index (Phi) is 18.7. The summed E-state index contributed by atoms with van der Waals surface area (Å²) in [6.45, 7) is 23.8. The highest BCUT2D eigenvalue weighted by atomic mass is 16.4. The molecule has 0 aromatic carbocycles. The molecular formula is C18H30O6. The van der Waals surface area contributed by atoms with E-state index in [1.54, 1.807) is 0 Å². The lowest BCUT2D eigenvalue weighted by Gasteiger charge is -2.08. The molecule has 0 aliphatic rings. The predicted octanol–water partition coefficient (Wildman–Crippen LogP) is 4.16. The highest BCUT2D eigenvalue weighted by molar-refractivity contribution is 5.85. The van der Waals surface area contributed by atoms with Gasteiger partial charge in [0.25, 0.3) is 0 Å². The lowest BCUT2D eigenvalue weighted by atomic mass is 9.98. The molecule has 0 amide bonds. The van der Waals surface area contributed by atoms with Crippen molar-refractivity contribution < 1.29 is 29.7 Å². The minimum atomic E-state index is -0.935. The van der Waals surface area contributed by atoms with Gasteiger partial charge >= 0.3 is 17.9 Å². The van der Waals surface area contributed by atoms with Gasteiger partial charge in [0, 0.05) is 16.7 Å². The monoisotopic (exact) mass is 342 g/mol. The summed E-state index contributed by atoms with van der Waals surface area (Å²) in [5, 5.41) is 23.7. The van der Waals surface area contributed by atoms with Crippen molar-refractivity contribution >= 4 is 17.9 Å². The maximum Gasteiger partial charge on any atom is 0.330 e. The molecule has 138 valence electrons. The summed E-state index contributed by atoms with van der Waals surface area (Å²) in [5.74, 6) is -2.81. The van der Waals surface area contributed by atoms with E-state index >= 15 is 0 Å². The van der Waals surface area contributed by atoms with Gasteiger partial charge in [-0.1, -0.05) is 46.6 Å². The molecule has 0 aromatic rings. The van der Waals surface area contributed by atoms with Gasteiger partial charge in [-0.2, -0.15) is 0 Å². The van der Waals surface area contributed by atoms with Gasteiger partial charge < -0.3 is 15.3 Å². The van der Waals surface area contributed by atoms with Crippen LogP contribution in [0.5, 0.6) is 0 Å². The largest absolute Gasteiger partial charge is 0.478 e. The molecule has 0 spiro atoms. The Balaban J connectivity index is -0.000000111. The normalized spacial score (nSPS) is 8.42. The van der Waals surface area contributed by atoms with Crippen molar-refractivity contribution in [2.75, 3.05) is 0 Å². The summed E-state index contributed by atoms with van der Waals surface area (Å²) in [6.07, 6.45) is 1.94. The van der Waals surface area contributed by atoms with Crippen molar-refractivity contribution in [1.29, 1.82) is 0 Å². The highest BCUT2D eigenvalue weighted by Gasteiger charge is 1.99. The Morgan fingerprint density at radius 3 is 0.792 bits per heavy atom. The summed E-state index contributed by atoms with van der Waals surface area (Å²) in [5.41, 5.74) is 0.833. The first-order chi connectivity index (χ1) is 10.5. The van der Waals surface area contributed by atoms with Crippen LogP contribution in [-0.4, -0.2) is 33.2 Å². The number of carbonyl (C=O) groups is 3. The molecule has 0 atom stereocenters. The van der Waals surface area contributed by atoms with Gasteiger partial charge in [-0.15, -0.1) is 6.58 Å². The lowest BCUT2D eigenvalue weighted by molar-refractivity contribution is -0.133. The number of aliphatic carboxylic acids is 3. The number of allylic oxidation sites excluding steroid dienone is 1. The summed E-state index contributed by atoms with van der Waals surface area (Å²) >= 11 is 0. The molecule has 0 heterocycles. The third-order valence-electron chi connectivity index (χ3n) is 1.71. The predicted molar refractivity (Wildman–Crippen MR) is 97.0 cm³/mol. The van der Waals surface area contributed by atoms with Crippen LogP contribution in [0.15, 0.2) is 49.1 Å². The number of carboxylic acid groups (broad SMARTS) is 3. The Morgan fingerprint density at radius 1 is 0.708 bits per heavy atom. The molecule has 0 saturated heterocycles. The third-order valence-corrected chi connectivity index (χ3v) is 1.71. The van der Waals surface area contributed by atoms with Crippen molar-refractivity contribution in [2.45, 2.75) is 41.5 Å². The van der Waals surface area contributed by atoms with Crippen LogP contribution in [0.1, 0.15) is 41.5 Å². The van der Waals surface area contributed by atoms with E-state index in [-0.39, 0.29) is 16.7 Å². The van der Waals surface area contributed by atoms with Gasteiger partial charge in [-0.25, -0.2) is 14.4 Å². The van der Waals surface area contributed by atoms with Crippen LogP contribution in [0.3, 0.4) is 0 Å². The van der Waals surface area contributed by atoms with Crippen molar-refractivity contribution in [3.63, 3.8) is 0 Å². The van der Waals surface area contributed by atoms with Crippen LogP contribution in [0, 0.1) is 5.41 Å². The second-order valence-electron chi connectivity index (χ2n) is 5.83. The average Bonchev–Trinajstić information content (AvgIpc) is 2.39. The van der Waals surface area contributed by atoms with Crippen molar-refractivity contribution in [1.82, 2.24) is 0 Å². The van der Waals surface area contributed by atoms with Crippen LogP contribution in [0.4, 0.5) is 0 Å². The van der Waals surface area contributed by atoms with E-state index in [1.807, 2.05) is 6.08 Å². The first-order valence-corrected chi connectivity index (χ1v) is 6.79. The molecule has 6 nitrogen and oxygen atoms in total. The zero-order valence-electron chi connectivity index (χ0n) is 15.5. The van der Waals surface area contributed by atoms with Crippen LogP contribution in [0.2, 0.25) is 0 Å². The van der Waals surface area contributed by atoms with E-state index in [4.69, 9.17) is 15.3 Å². The molecule has 0 radical (unpaired) electrons. The Labute approximate surface area is 144 Å². The van der Waals surface area contributed by atoms with Gasteiger partial charge in [-0.05, 0) is 26.2 Å². The van der Waals surface area contributed by atoms with Crippen molar-refractivity contribution in [2.24, 2.45) is 5.41 Å². The maximum atomic E-state index is 9.60. The quantitative estimate of drug-likeness (QED) is 0.524. The summed E-state index contributed by atoms with van der Waals surface area (Å²) in [7, 11) is 0. The third kappa shape index (κ3) is 42.7. The fourth-order valence-corrected chi connectivity index (χ4v) is 0. The van der Waals surface area contributed by atoms with E-state index in [1.165, 1.54) is 20.8 Å². The molecule has 3 N–H and O–H groups in total. The molecule has 0 saturated carbocycles. The molecule has 0 aliphatic heterocycles. The van der Waals surface area contributed by atoms with E-state index < -0.39 is 17.9 Å². The van der Waals surface area contributed by atoms with E-state index in [0.717, 1.165) is 0 Å². The van der Waals surface area contributed by atoms with Crippen LogP contribution in [0.25, 0.3) is 0 Å². The molecule has 0 aliphatic carbocycles. The summed E-state index contributed by atoms with van der Waals surface area (Å²) < 4.78 is 0. The van der Waals surface area contributed by atoms with Crippen LogP contribution < -0.4 is 0 Å². The molecular weight excluding hydrogens is 312 g/mol. The lowest BCUT2D eigenvalue weighted by Crippen LogP contribution is -1.96. The number of carboxylic acids is 3. The average molecular weight is 342 g/mol. The minimum absolute atomic E-state index is 0.176. The highest BCUT2D eigenvalue weighted by Crippen LogP contribution is 2.11. The Bertz CT molecular complexity index is 385. The van der Waals surface area contributed by atoms with E-state index in [2.05, 4.69) is 47.1 Å². The first-order valence-electron chi connectivity index (χ1n) is 6.79. The van der Waals surface area contributed by atoms with Crippen LogP contribution >= 0.6 is 0 Å². The molecule has 0 bridgehead atoms. The van der Waals surface area contributed by atoms with Gasteiger partial charge in [0.1, 0.15) is 0 Å². The summed E-state index contributed by atoms with van der Waals surface area (Å²) in [4.78, 5) is 28.8. The maximum absolute atomic E-state index is 9.60. The van der Waals surface area contributed by atoms with Gasteiger partial charge in [0.2, 0.25) is 0 Å². The second-order valence-corrected chi connectivity index (χ2v) is 5.83. The molecule has 6 heteroatoms. The minimum Gasteiger partial charge on any atom is -0.478 e. The summed E-state index contributed by atoms with van der Waals surface area (Å²) in [6, 6.07) is 0. The topological polar surface area (TPSA) is 112 Å². The van der Waals surface area contributed by atoms with Gasteiger partial charge in [0.15, 0.2) is 0 Å². The second kappa shape index (κ2) is 15.3. The molecule has 0 unspecified atom stereocenters. The molecule has 0 rings (SSSR count). The fourth-order valence-electron chi connectivity index (χ4n) is 0. The Morgan fingerprint density at radius 2 is 0.792 bits per heavy atom. The van der Waals surface area contributed by atoms with E-state index in [0.29, 0.717) is 5.41 Å². The zero-order valence-corrected chi connectivity index (χ0v) is 15.5. The number of rotatable bonds is 3. The van der Waals surface area contributed by atoms with E-state index in [9.17, 15) is 14.4 Å². The Hall–Kier alpha value is -2.63. The number of hydrogen-bond donors (Lipinski definition) is 3. The molecule has 0 fully saturated rings. The smallest absolute Gasteiger partial charge is 0.330 e. The molecule has 0 aromatic heterocycles. The van der Waals surface area contributed by atoms with Crippen molar-refractivity contribution in [3.8, 4) is 0 Å². The fraction of sp³-hybridized carbons (Fsp3) is 0.389. The van der Waals surface area contributed by atoms with Gasteiger partial charge in [0.05, 0.1) is 0 Å².